The van der Waals surface area contributed by atoms with Crippen molar-refractivity contribution in [2.24, 2.45) is 0 Å². The summed E-state index contributed by atoms with van der Waals surface area (Å²) in [5.41, 5.74) is 1.53. The van der Waals surface area contributed by atoms with Gasteiger partial charge in [-0.3, -0.25) is 0 Å². The Balaban J connectivity index is 2.05. The molecule has 0 fully saturated rings. The van der Waals surface area contributed by atoms with Crippen molar-refractivity contribution in [2.45, 2.75) is 0 Å². The van der Waals surface area contributed by atoms with E-state index in [1.165, 1.54) is 0 Å². The number of nitriles is 1. The average molecular weight is 314 g/mol. The van der Waals surface area contributed by atoms with Gasteiger partial charge < -0.3 is 9.73 Å². The van der Waals surface area contributed by atoms with Crippen LogP contribution in [0, 0.1) is 11.3 Å². The molecule has 2 aromatic heterocycles. The minimum Gasteiger partial charge on any atom is -0.444 e. The Labute approximate surface area is 117 Å². The number of nitrogens with zero attached hydrogens (tertiary/aromatic N) is 2. The summed E-state index contributed by atoms with van der Waals surface area (Å²) in [6.07, 6.45) is 1.60. The first-order chi connectivity index (χ1) is 9.28. The van der Waals surface area contributed by atoms with Gasteiger partial charge in [-0.15, -0.1) is 0 Å². The van der Waals surface area contributed by atoms with Gasteiger partial charge >= 0.3 is 0 Å². The maximum Gasteiger partial charge on any atom is 0.204 e. The van der Waals surface area contributed by atoms with Crippen LogP contribution in [-0.4, -0.2) is 4.98 Å². The van der Waals surface area contributed by atoms with Crippen molar-refractivity contribution in [3.05, 3.63) is 52.8 Å². The van der Waals surface area contributed by atoms with E-state index in [4.69, 9.17) is 9.68 Å². The number of anilines is 2. The van der Waals surface area contributed by atoms with Gasteiger partial charge in [0.25, 0.3) is 0 Å². The molecular weight excluding hydrogens is 306 g/mol. The third-order valence-electron chi connectivity index (χ3n) is 2.66. The van der Waals surface area contributed by atoms with Crippen molar-refractivity contribution < 1.29 is 4.42 Å². The minimum atomic E-state index is 0.273. The first kappa shape index (κ1) is 11.8. The highest BCUT2D eigenvalue weighted by atomic mass is 79.9. The molecule has 0 aliphatic carbocycles. The normalized spacial score (nSPS) is 10.3. The van der Waals surface area contributed by atoms with Gasteiger partial charge in [0.05, 0.1) is 10.7 Å². The molecule has 0 aliphatic rings. The van der Waals surface area contributed by atoms with Gasteiger partial charge in [-0.1, -0.05) is 18.2 Å². The molecule has 0 amide bonds. The summed E-state index contributed by atoms with van der Waals surface area (Å²) in [7, 11) is 0. The molecule has 4 nitrogen and oxygen atoms in total. The van der Waals surface area contributed by atoms with Crippen LogP contribution in [0.4, 0.5) is 11.5 Å². The Hall–Kier alpha value is -2.32. The number of furan rings is 1. The Morgan fingerprint density at radius 1 is 1.26 bits per heavy atom. The number of benzene rings is 1. The zero-order valence-corrected chi connectivity index (χ0v) is 11.3. The lowest BCUT2D eigenvalue weighted by atomic mass is 10.3. The standard InChI is InChI=1S/C14H8BrN3O/c15-13-11-6-10(7-16)19-12(11)8-17-14(13)18-9-4-2-1-3-5-9/h1-6,8H,(H,17,18). The highest BCUT2D eigenvalue weighted by Crippen LogP contribution is 2.32. The van der Waals surface area contributed by atoms with Crippen LogP contribution in [0.1, 0.15) is 5.76 Å². The lowest BCUT2D eigenvalue weighted by Crippen LogP contribution is -1.94. The lowest BCUT2D eigenvalue weighted by Gasteiger charge is -2.07. The van der Waals surface area contributed by atoms with Crippen LogP contribution < -0.4 is 5.32 Å². The number of fused-ring (bicyclic) bond motifs is 1. The van der Waals surface area contributed by atoms with E-state index < -0.39 is 0 Å². The van der Waals surface area contributed by atoms with E-state index in [1.807, 2.05) is 36.4 Å². The molecule has 92 valence electrons. The third kappa shape index (κ3) is 2.18. The smallest absolute Gasteiger partial charge is 0.204 e. The van der Waals surface area contributed by atoms with Gasteiger partial charge in [0.2, 0.25) is 5.76 Å². The van der Waals surface area contributed by atoms with E-state index >= 15 is 0 Å². The Morgan fingerprint density at radius 3 is 2.79 bits per heavy atom. The molecule has 3 rings (SSSR count). The van der Waals surface area contributed by atoms with Gasteiger partial charge in [-0.2, -0.15) is 5.26 Å². The van der Waals surface area contributed by atoms with Crippen molar-refractivity contribution >= 4 is 38.4 Å². The van der Waals surface area contributed by atoms with Crippen LogP contribution >= 0.6 is 15.9 Å². The van der Waals surface area contributed by atoms with E-state index in [2.05, 4.69) is 26.2 Å². The minimum absolute atomic E-state index is 0.273. The van der Waals surface area contributed by atoms with Gasteiger partial charge in [0.15, 0.2) is 5.58 Å². The third-order valence-corrected chi connectivity index (χ3v) is 3.47. The number of hydrogen-bond donors (Lipinski definition) is 1. The summed E-state index contributed by atoms with van der Waals surface area (Å²) in [6.45, 7) is 0. The fourth-order valence-corrected chi connectivity index (χ4v) is 2.29. The highest BCUT2D eigenvalue weighted by Gasteiger charge is 2.11. The summed E-state index contributed by atoms with van der Waals surface area (Å²) in [5.74, 6) is 0.957. The molecule has 1 aromatic carbocycles. The SMILES string of the molecule is N#Cc1cc2c(Br)c(Nc3ccccc3)ncc2o1. The van der Waals surface area contributed by atoms with E-state index in [0.717, 1.165) is 15.5 Å². The fraction of sp³-hybridized carbons (Fsp3) is 0. The molecule has 0 radical (unpaired) electrons. The zero-order chi connectivity index (χ0) is 13.2. The first-order valence-electron chi connectivity index (χ1n) is 5.58. The molecule has 0 aliphatic heterocycles. The number of pyridine rings is 1. The predicted octanol–water partition coefficient (Wildman–Crippen LogP) is 4.21. The molecule has 0 spiro atoms. The average Bonchev–Trinajstić information content (AvgIpc) is 2.87. The van der Waals surface area contributed by atoms with Crippen molar-refractivity contribution in [2.75, 3.05) is 5.32 Å². The number of halogens is 1. The zero-order valence-electron chi connectivity index (χ0n) is 9.72. The van der Waals surface area contributed by atoms with E-state index in [-0.39, 0.29) is 5.76 Å². The van der Waals surface area contributed by atoms with Crippen LogP contribution in [0.2, 0.25) is 0 Å². The number of para-hydroxylation sites is 1. The predicted molar refractivity (Wildman–Crippen MR) is 76.1 cm³/mol. The Morgan fingerprint density at radius 2 is 2.05 bits per heavy atom. The second-order valence-corrected chi connectivity index (χ2v) is 4.71. The van der Waals surface area contributed by atoms with Crippen LogP contribution in [0.25, 0.3) is 11.0 Å². The van der Waals surface area contributed by atoms with E-state index in [9.17, 15) is 0 Å². The maximum absolute atomic E-state index is 8.84. The quantitative estimate of drug-likeness (QED) is 0.770. The van der Waals surface area contributed by atoms with Crippen LogP contribution in [-0.2, 0) is 0 Å². The van der Waals surface area contributed by atoms with Gasteiger partial charge in [0, 0.05) is 17.1 Å². The number of aromatic nitrogens is 1. The van der Waals surface area contributed by atoms with Crippen molar-refractivity contribution in [3.8, 4) is 6.07 Å². The lowest BCUT2D eigenvalue weighted by molar-refractivity contribution is 0.598. The van der Waals surface area contributed by atoms with Crippen LogP contribution in [0.15, 0.2) is 51.5 Å². The second kappa shape index (κ2) is 4.75. The second-order valence-electron chi connectivity index (χ2n) is 3.91. The molecular formula is C14H8BrN3O. The van der Waals surface area contributed by atoms with Crippen molar-refractivity contribution in [1.82, 2.24) is 4.98 Å². The molecule has 2 heterocycles. The van der Waals surface area contributed by atoms with Crippen molar-refractivity contribution in [3.63, 3.8) is 0 Å². The van der Waals surface area contributed by atoms with Gasteiger partial charge in [-0.25, -0.2) is 4.98 Å². The molecule has 0 unspecified atom stereocenters. The molecule has 1 N–H and O–H groups in total. The monoisotopic (exact) mass is 313 g/mol. The molecule has 5 heteroatoms. The number of nitrogens with one attached hydrogen (secondary N) is 1. The Kier molecular flexibility index (Phi) is 2.94. The molecule has 0 bridgehead atoms. The van der Waals surface area contributed by atoms with Crippen LogP contribution in [0.5, 0.6) is 0 Å². The summed E-state index contributed by atoms with van der Waals surface area (Å²) in [4.78, 5) is 4.29. The van der Waals surface area contributed by atoms with Crippen LogP contribution in [0.3, 0.4) is 0 Å². The topological polar surface area (TPSA) is 61.9 Å². The maximum atomic E-state index is 8.84. The molecule has 19 heavy (non-hydrogen) atoms. The molecule has 0 saturated heterocycles. The molecule has 0 atom stereocenters. The van der Waals surface area contributed by atoms with E-state index in [0.29, 0.717) is 11.4 Å². The number of rotatable bonds is 2. The fourth-order valence-electron chi connectivity index (χ4n) is 1.78. The van der Waals surface area contributed by atoms with Gasteiger partial charge in [0.1, 0.15) is 11.9 Å². The highest BCUT2D eigenvalue weighted by molar-refractivity contribution is 9.10. The Bertz CT molecular complexity index is 774. The summed E-state index contributed by atoms with van der Waals surface area (Å²) >= 11 is 3.49. The summed E-state index contributed by atoms with van der Waals surface area (Å²) in [5, 5.41) is 12.9. The molecule has 3 aromatic rings. The molecule has 0 saturated carbocycles. The number of hydrogen-bond acceptors (Lipinski definition) is 4. The largest absolute Gasteiger partial charge is 0.444 e. The first-order valence-corrected chi connectivity index (χ1v) is 6.37. The van der Waals surface area contributed by atoms with E-state index in [1.54, 1.807) is 12.3 Å². The van der Waals surface area contributed by atoms with Crippen molar-refractivity contribution in [1.29, 1.82) is 5.26 Å². The summed E-state index contributed by atoms with van der Waals surface area (Å²) in [6, 6.07) is 13.4. The van der Waals surface area contributed by atoms with Gasteiger partial charge in [-0.05, 0) is 28.1 Å². The summed E-state index contributed by atoms with van der Waals surface area (Å²) < 4.78 is 6.10.